The first-order valence-corrected chi connectivity index (χ1v) is 16.1. The Bertz CT molecular complexity index is 993. The van der Waals surface area contributed by atoms with Crippen LogP contribution in [-0.4, -0.2) is 0 Å². The molecular formula is C24H19Cl2PZr. The van der Waals surface area contributed by atoms with E-state index in [1.54, 1.807) is 16.5 Å². The van der Waals surface area contributed by atoms with E-state index in [-0.39, 0.29) is 24.8 Å². The minimum absolute atomic E-state index is 0. The zero-order valence-corrected chi connectivity index (χ0v) is 20.0. The van der Waals surface area contributed by atoms with Crippen molar-refractivity contribution in [1.82, 2.24) is 0 Å². The standard InChI is InChI=1S/2C9H7.C6H5P.2ClH.Zr/c2*1-2-5-9-7-3-6-8(9)4-1;7-6-4-2-1-3-5-6;;;/h2*1-7H;1-5H;2*1H;/q;;;;;+2/p-2. The Morgan fingerprint density at radius 3 is 1.57 bits per heavy atom. The van der Waals surface area contributed by atoms with Crippen LogP contribution in [0.1, 0.15) is 29.5 Å². The molecule has 138 valence electrons. The van der Waals surface area contributed by atoms with Gasteiger partial charge in [0.25, 0.3) is 0 Å². The van der Waals surface area contributed by atoms with E-state index in [2.05, 4.69) is 103 Å². The summed E-state index contributed by atoms with van der Waals surface area (Å²) in [5.74, 6) is 0. The molecule has 0 aliphatic heterocycles. The van der Waals surface area contributed by atoms with Crippen LogP contribution < -0.4 is 30.1 Å². The quantitative estimate of drug-likeness (QED) is 0.455. The van der Waals surface area contributed by atoms with Crippen molar-refractivity contribution in [3.8, 4) is 0 Å². The van der Waals surface area contributed by atoms with Crippen LogP contribution >= 0.6 is 5.40 Å². The summed E-state index contributed by atoms with van der Waals surface area (Å²) in [5.41, 5.74) is 5.97. The first-order valence-electron chi connectivity index (χ1n) is 9.08. The Labute approximate surface area is 187 Å². The van der Waals surface area contributed by atoms with E-state index in [0.29, 0.717) is 7.25 Å². The van der Waals surface area contributed by atoms with Crippen molar-refractivity contribution in [2.24, 2.45) is 0 Å². The van der Waals surface area contributed by atoms with Crippen LogP contribution in [-0.2, 0) is 20.6 Å². The molecule has 28 heavy (non-hydrogen) atoms. The van der Waals surface area contributed by atoms with Gasteiger partial charge in [-0.2, -0.15) is 0 Å². The van der Waals surface area contributed by atoms with E-state index < -0.39 is 20.6 Å². The van der Waals surface area contributed by atoms with Crippen molar-refractivity contribution in [2.45, 2.75) is 7.25 Å². The first kappa shape index (κ1) is 21.6. The van der Waals surface area contributed by atoms with E-state index in [1.165, 1.54) is 16.4 Å². The molecule has 0 bridgehead atoms. The Kier molecular flexibility index (Phi) is 7.41. The van der Waals surface area contributed by atoms with Gasteiger partial charge >= 0.3 is 164 Å². The topological polar surface area (TPSA) is 0 Å². The number of halogens is 2. The molecule has 4 heteroatoms. The van der Waals surface area contributed by atoms with Gasteiger partial charge in [-0.25, -0.2) is 0 Å². The Hall–Kier alpha value is -1.10. The maximum absolute atomic E-state index is 2.50. The SMILES string of the molecule is C1=C[CH]([Zr+2](=[P]c2ccccc2)[CH]2C=Cc3ccccc32)c2ccccc21.[Cl-].[Cl-]. The molecule has 3 aromatic carbocycles. The van der Waals surface area contributed by atoms with Crippen molar-refractivity contribution < 1.29 is 45.5 Å². The predicted octanol–water partition coefficient (Wildman–Crippen LogP) is 0.336. The molecule has 2 unspecified atom stereocenters. The largest absolute Gasteiger partial charge is 1.00 e. The van der Waals surface area contributed by atoms with Crippen LogP contribution in [0.25, 0.3) is 12.2 Å². The van der Waals surface area contributed by atoms with E-state index in [4.69, 9.17) is 0 Å². The molecule has 0 saturated heterocycles. The Morgan fingerprint density at radius 2 is 1.04 bits per heavy atom. The smallest absolute Gasteiger partial charge is 1.00 e. The fourth-order valence-corrected chi connectivity index (χ4v) is 18.2. The van der Waals surface area contributed by atoms with Gasteiger partial charge in [0.15, 0.2) is 0 Å². The summed E-state index contributed by atoms with van der Waals surface area (Å²) in [6, 6.07) is 29.1. The number of hydrogen-bond donors (Lipinski definition) is 0. The summed E-state index contributed by atoms with van der Waals surface area (Å²) >= 11 is -1.96. The van der Waals surface area contributed by atoms with Gasteiger partial charge < -0.3 is 24.8 Å². The third-order valence-electron chi connectivity index (χ3n) is 5.25. The molecule has 0 amide bonds. The molecule has 0 fully saturated rings. The third-order valence-corrected chi connectivity index (χ3v) is 18.8. The monoisotopic (exact) mass is 498 g/mol. The van der Waals surface area contributed by atoms with E-state index >= 15 is 0 Å². The second-order valence-corrected chi connectivity index (χ2v) is 17.4. The molecule has 0 nitrogen and oxygen atoms in total. The van der Waals surface area contributed by atoms with Crippen molar-refractivity contribution in [1.29, 1.82) is 0 Å². The Morgan fingerprint density at radius 1 is 0.571 bits per heavy atom. The molecule has 0 spiro atoms. The van der Waals surface area contributed by atoms with Gasteiger partial charge in [-0.15, -0.1) is 0 Å². The zero-order valence-electron chi connectivity index (χ0n) is 15.2. The summed E-state index contributed by atoms with van der Waals surface area (Å²) in [4.78, 5) is 0. The van der Waals surface area contributed by atoms with E-state index in [9.17, 15) is 0 Å². The average Bonchev–Trinajstić information content (AvgIpc) is 3.32. The molecule has 0 N–H and O–H groups in total. The van der Waals surface area contributed by atoms with Crippen molar-refractivity contribution in [3.05, 3.63) is 113 Å². The van der Waals surface area contributed by atoms with Crippen LogP contribution in [0, 0.1) is 0 Å². The van der Waals surface area contributed by atoms with Crippen LogP contribution in [0.2, 0.25) is 0 Å². The summed E-state index contributed by atoms with van der Waals surface area (Å²) in [5, 5.41) is 3.08. The minimum atomic E-state index is -1.96. The molecule has 3 aromatic rings. The van der Waals surface area contributed by atoms with Gasteiger partial charge in [-0.3, -0.25) is 0 Å². The molecule has 2 atom stereocenters. The van der Waals surface area contributed by atoms with E-state index in [0.717, 1.165) is 0 Å². The van der Waals surface area contributed by atoms with Crippen LogP contribution in [0.3, 0.4) is 0 Å². The Balaban J connectivity index is 0.00000112. The van der Waals surface area contributed by atoms with Gasteiger partial charge in [0.05, 0.1) is 0 Å². The maximum atomic E-state index is 2.50. The number of rotatable bonds is 3. The number of hydrogen-bond acceptors (Lipinski definition) is 0. The maximum Gasteiger partial charge on any atom is -1.00 e. The molecule has 5 rings (SSSR count). The molecule has 2 aliphatic carbocycles. The van der Waals surface area contributed by atoms with Crippen LogP contribution in [0.4, 0.5) is 0 Å². The average molecular weight is 501 g/mol. The molecule has 0 saturated carbocycles. The fourth-order valence-electron chi connectivity index (χ4n) is 4.00. The van der Waals surface area contributed by atoms with Crippen molar-refractivity contribution in [2.75, 3.05) is 0 Å². The molecular weight excluding hydrogens is 481 g/mol. The van der Waals surface area contributed by atoms with Crippen LogP contribution in [0.5, 0.6) is 0 Å². The summed E-state index contributed by atoms with van der Waals surface area (Å²) in [7, 11) is 0. The second kappa shape index (κ2) is 9.60. The number of fused-ring (bicyclic) bond motifs is 2. The second-order valence-electron chi connectivity index (χ2n) is 6.80. The van der Waals surface area contributed by atoms with Crippen LogP contribution in [0.15, 0.2) is 91.0 Å². The van der Waals surface area contributed by atoms with Crippen molar-refractivity contribution in [3.63, 3.8) is 0 Å². The van der Waals surface area contributed by atoms with Gasteiger partial charge in [0.2, 0.25) is 0 Å². The molecule has 0 radical (unpaired) electrons. The molecule has 0 heterocycles. The molecule has 2 aliphatic rings. The minimum Gasteiger partial charge on any atom is -1.00 e. The summed E-state index contributed by atoms with van der Waals surface area (Å²) < 4.78 is 1.30. The third kappa shape index (κ3) is 4.10. The van der Waals surface area contributed by atoms with Gasteiger partial charge in [0, 0.05) is 0 Å². The van der Waals surface area contributed by atoms with E-state index in [1.807, 2.05) is 0 Å². The number of allylic oxidation sites excluding steroid dienone is 2. The zero-order chi connectivity index (χ0) is 17.3. The summed E-state index contributed by atoms with van der Waals surface area (Å²) in [6.45, 7) is 0. The number of benzene rings is 3. The predicted molar refractivity (Wildman–Crippen MR) is 109 cm³/mol. The normalized spacial score (nSPS) is 17.8. The van der Waals surface area contributed by atoms with Crippen molar-refractivity contribution >= 4 is 22.9 Å². The summed E-state index contributed by atoms with van der Waals surface area (Å²) in [6.07, 6.45) is 9.71. The van der Waals surface area contributed by atoms with Gasteiger partial charge in [0.1, 0.15) is 0 Å². The molecule has 0 aromatic heterocycles. The first-order chi connectivity index (χ1) is 12.9. The van der Waals surface area contributed by atoms with Gasteiger partial charge in [-0.05, 0) is 0 Å². The van der Waals surface area contributed by atoms with Gasteiger partial charge in [-0.1, -0.05) is 0 Å². The fraction of sp³-hybridized carbons (Fsp3) is 0.0833.